The highest BCUT2D eigenvalue weighted by Gasteiger charge is 2.38. The highest BCUT2D eigenvalue weighted by atomic mass is 35.5. The summed E-state index contributed by atoms with van der Waals surface area (Å²) < 4.78 is 4.88. The fraction of sp³-hybridized carbons (Fsp3) is 0.100. The predicted octanol–water partition coefficient (Wildman–Crippen LogP) is 6.18. The molecule has 1 aliphatic rings. The van der Waals surface area contributed by atoms with Crippen molar-refractivity contribution in [2.75, 3.05) is 12.0 Å². The Kier molecular flexibility index (Phi) is 6.06. The smallest absolute Gasteiger partial charge is 0.340 e. The minimum atomic E-state index is -0.641. The van der Waals surface area contributed by atoms with Gasteiger partial charge in [0, 0.05) is 5.70 Å². The number of anilines is 1. The molecular formula is C20H13Cl4NO3. The molecule has 0 aromatic heterocycles. The van der Waals surface area contributed by atoms with Crippen LogP contribution in [0, 0.1) is 0 Å². The van der Waals surface area contributed by atoms with Crippen molar-refractivity contribution in [2.45, 2.75) is 6.92 Å². The zero-order valence-electron chi connectivity index (χ0n) is 14.7. The van der Waals surface area contributed by atoms with Crippen LogP contribution in [0.25, 0.3) is 6.08 Å². The summed E-state index contributed by atoms with van der Waals surface area (Å²) >= 11 is 24.4. The van der Waals surface area contributed by atoms with Crippen LogP contribution in [0.3, 0.4) is 0 Å². The van der Waals surface area contributed by atoms with E-state index < -0.39 is 11.9 Å². The molecule has 144 valence electrons. The molecule has 0 fully saturated rings. The number of esters is 1. The summed E-state index contributed by atoms with van der Waals surface area (Å²) in [5.41, 5.74) is 1.65. The van der Waals surface area contributed by atoms with Crippen LogP contribution in [-0.4, -0.2) is 19.0 Å². The van der Waals surface area contributed by atoms with E-state index in [2.05, 4.69) is 0 Å². The normalized spacial score (nSPS) is 15.6. The summed E-state index contributed by atoms with van der Waals surface area (Å²) in [5.74, 6) is -1.06. The molecule has 0 atom stereocenters. The molecule has 0 radical (unpaired) electrons. The number of benzene rings is 2. The van der Waals surface area contributed by atoms with E-state index in [0.717, 1.165) is 0 Å². The van der Waals surface area contributed by atoms with Gasteiger partial charge in [0.2, 0.25) is 0 Å². The Labute approximate surface area is 181 Å². The first-order valence-electron chi connectivity index (χ1n) is 8.01. The van der Waals surface area contributed by atoms with Gasteiger partial charge in [0.05, 0.1) is 44.0 Å². The highest BCUT2D eigenvalue weighted by Crippen LogP contribution is 2.38. The van der Waals surface area contributed by atoms with E-state index in [0.29, 0.717) is 27.0 Å². The van der Waals surface area contributed by atoms with E-state index in [-0.39, 0.29) is 21.2 Å². The van der Waals surface area contributed by atoms with Crippen molar-refractivity contribution >= 4 is 70.0 Å². The third kappa shape index (κ3) is 3.65. The second-order valence-electron chi connectivity index (χ2n) is 5.89. The number of rotatable bonds is 3. The van der Waals surface area contributed by atoms with Crippen molar-refractivity contribution in [2.24, 2.45) is 0 Å². The molecule has 2 aromatic rings. The van der Waals surface area contributed by atoms with Crippen LogP contribution in [0.4, 0.5) is 5.69 Å². The summed E-state index contributed by atoms with van der Waals surface area (Å²) in [6.45, 7) is 1.65. The van der Waals surface area contributed by atoms with Gasteiger partial charge in [-0.3, -0.25) is 9.69 Å². The molecule has 1 aliphatic heterocycles. The van der Waals surface area contributed by atoms with Crippen LogP contribution in [0.15, 0.2) is 53.2 Å². The number of amides is 1. The number of methoxy groups -OCH3 is 1. The molecule has 0 N–H and O–H groups in total. The van der Waals surface area contributed by atoms with E-state index in [9.17, 15) is 9.59 Å². The standard InChI is InChI=1S/C20H13Cl4NO3/c1-10-17(20(27)28-2)13(8-11-4-3-5-15(22)18(11)24)19(26)25(10)12-6-7-14(21)16(23)9-12/h3-9H,1-2H3/b13-8-. The summed E-state index contributed by atoms with van der Waals surface area (Å²) in [6.07, 6.45) is 1.52. The quantitative estimate of drug-likeness (QED) is 0.409. The van der Waals surface area contributed by atoms with Crippen molar-refractivity contribution in [1.82, 2.24) is 0 Å². The van der Waals surface area contributed by atoms with E-state index >= 15 is 0 Å². The number of carbonyl (C=O) groups excluding carboxylic acids is 2. The Morgan fingerprint density at radius 1 is 1.04 bits per heavy atom. The van der Waals surface area contributed by atoms with Gasteiger partial charge in [-0.15, -0.1) is 0 Å². The van der Waals surface area contributed by atoms with Crippen molar-refractivity contribution < 1.29 is 14.3 Å². The lowest BCUT2D eigenvalue weighted by molar-refractivity contribution is -0.136. The topological polar surface area (TPSA) is 46.6 Å². The lowest BCUT2D eigenvalue weighted by atomic mass is 10.0. The van der Waals surface area contributed by atoms with E-state index in [4.69, 9.17) is 51.1 Å². The molecule has 0 saturated carbocycles. The molecule has 1 amide bonds. The Hall–Kier alpha value is -1.98. The predicted molar refractivity (Wildman–Crippen MR) is 113 cm³/mol. The van der Waals surface area contributed by atoms with Gasteiger partial charge >= 0.3 is 5.97 Å². The lowest BCUT2D eigenvalue weighted by Crippen LogP contribution is -2.24. The lowest BCUT2D eigenvalue weighted by Gasteiger charge is -2.18. The Balaban J connectivity index is 2.19. The molecule has 8 heteroatoms. The van der Waals surface area contributed by atoms with Crippen molar-refractivity contribution in [3.8, 4) is 0 Å². The molecule has 0 aliphatic carbocycles. The van der Waals surface area contributed by atoms with Gasteiger partial charge in [0.25, 0.3) is 5.91 Å². The molecular weight excluding hydrogens is 444 g/mol. The Morgan fingerprint density at radius 3 is 2.39 bits per heavy atom. The number of ether oxygens (including phenoxy) is 1. The first-order valence-corrected chi connectivity index (χ1v) is 9.52. The second-order valence-corrected chi connectivity index (χ2v) is 7.49. The Bertz CT molecular complexity index is 1060. The van der Waals surface area contributed by atoms with Gasteiger partial charge in [0.1, 0.15) is 0 Å². The summed E-state index contributed by atoms with van der Waals surface area (Å²) in [5, 5.41) is 1.26. The SMILES string of the molecule is COC(=O)C1=C(C)N(c2ccc(Cl)c(Cl)c2)C(=O)/C1=C\c1cccc(Cl)c1Cl. The van der Waals surface area contributed by atoms with Gasteiger partial charge in [-0.25, -0.2) is 4.79 Å². The van der Waals surface area contributed by atoms with Crippen molar-refractivity contribution in [3.63, 3.8) is 0 Å². The van der Waals surface area contributed by atoms with Crippen LogP contribution in [0.1, 0.15) is 12.5 Å². The van der Waals surface area contributed by atoms with Gasteiger partial charge in [-0.1, -0.05) is 58.5 Å². The first-order chi connectivity index (χ1) is 13.3. The maximum atomic E-state index is 13.2. The van der Waals surface area contributed by atoms with Crippen LogP contribution in [0.5, 0.6) is 0 Å². The summed E-state index contributed by atoms with van der Waals surface area (Å²) in [7, 11) is 1.25. The van der Waals surface area contributed by atoms with Gasteiger partial charge in [-0.05, 0) is 42.8 Å². The molecule has 0 unspecified atom stereocenters. The minimum absolute atomic E-state index is 0.134. The van der Waals surface area contributed by atoms with Crippen molar-refractivity contribution in [1.29, 1.82) is 0 Å². The monoisotopic (exact) mass is 455 g/mol. The molecule has 3 rings (SSSR count). The van der Waals surface area contributed by atoms with Crippen molar-refractivity contribution in [3.05, 3.63) is 78.9 Å². The highest BCUT2D eigenvalue weighted by molar-refractivity contribution is 6.43. The molecule has 28 heavy (non-hydrogen) atoms. The van der Waals surface area contributed by atoms with Gasteiger partial charge < -0.3 is 4.74 Å². The first kappa shape index (κ1) is 20.7. The zero-order chi connectivity index (χ0) is 20.6. The average Bonchev–Trinajstić information content (AvgIpc) is 2.91. The third-order valence-electron chi connectivity index (χ3n) is 4.23. The minimum Gasteiger partial charge on any atom is -0.465 e. The zero-order valence-corrected chi connectivity index (χ0v) is 17.7. The van der Waals surface area contributed by atoms with Gasteiger partial charge in [0.15, 0.2) is 0 Å². The summed E-state index contributed by atoms with van der Waals surface area (Å²) in [6, 6.07) is 9.79. The van der Waals surface area contributed by atoms with Crippen LogP contribution in [0.2, 0.25) is 20.1 Å². The fourth-order valence-electron chi connectivity index (χ4n) is 2.90. The van der Waals surface area contributed by atoms with E-state index in [1.54, 1.807) is 43.3 Å². The number of hydrogen-bond donors (Lipinski definition) is 0. The third-order valence-corrected chi connectivity index (χ3v) is 5.80. The van der Waals surface area contributed by atoms with Crippen LogP contribution >= 0.6 is 46.4 Å². The molecule has 1 heterocycles. The number of carbonyl (C=O) groups is 2. The average molecular weight is 457 g/mol. The number of nitrogens with zero attached hydrogens (tertiary/aromatic N) is 1. The van der Waals surface area contributed by atoms with Crippen LogP contribution < -0.4 is 4.90 Å². The molecule has 0 bridgehead atoms. The number of allylic oxidation sites excluding steroid dienone is 1. The molecule has 0 spiro atoms. The van der Waals surface area contributed by atoms with Crippen LogP contribution in [-0.2, 0) is 14.3 Å². The largest absolute Gasteiger partial charge is 0.465 e. The summed E-state index contributed by atoms with van der Waals surface area (Å²) in [4.78, 5) is 27.0. The maximum Gasteiger partial charge on any atom is 0.340 e. The molecule has 0 saturated heterocycles. The van der Waals surface area contributed by atoms with E-state index in [1.807, 2.05) is 0 Å². The van der Waals surface area contributed by atoms with E-state index in [1.165, 1.54) is 18.1 Å². The molecule has 2 aromatic carbocycles. The van der Waals surface area contributed by atoms with Gasteiger partial charge in [-0.2, -0.15) is 0 Å². The number of halogens is 4. The maximum absolute atomic E-state index is 13.2. The fourth-order valence-corrected chi connectivity index (χ4v) is 3.56. The molecule has 4 nitrogen and oxygen atoms in total. The second kappa shape index (κ2) is 8.18. The Morgan fingerprint density at radius 2 is 1.75 bits per heavy atom. The number of hydrogen-bond acceptors (Lipinski definition) is 3.